The Morgan fingerprint density at radius 2 is 2.00 bits per heavy atom. The topological polar surface area (TPSA) is 84.3 Å². The Morgan fingerprint density at radius 3 is 2.60 bits per heavy atom. The monoisotopic (exact) mass is 285 g/mol. The number of likely N-dealkylation sites (N-methyl/N-ethyl adjacent to an activating group) is 1. The highest BCUT2D eigenvalue weighted by atomic mass is 16.4. The van der Waals surface area contributed by atoms with Gasteiger partial charge in [-0.05, 0) is 26.9 Å². The number of rotatable bonds is 3. The third kappa shape index (κ3) is 3.04. The molecule has 3 atom stereocenters. The van der Waals surface area contributed by atoms with Gasteiger partial charge >= 0.3 is 12.0 Å². The fraction of sp³-hybridized carbons (Fsp3) is 0.846. The van der Waals surface area contributed by atoms with Crippen LogP contribution in [0.5, 0.6) is 0 Å². The summed E-state index contributed by atoms with van der Waals surface area (Å²) in [6.07, 6.45) is 1.26. The molecule has 2 heterocycles. The Labute approximate surface area is 118 Å². The van der Waals surface area contributed by atoms with Crippen molar-refractivity contribution in [1.82, 2.24) is 14.7 Å². The average Bonchev–Trinajstić information content (AvgIpc) is 2.94. The molecule has 20 heavy (non-hydrogen) atoms. The molecule has 0 bridgehead atoms. The van der Waals surface area contributed by atoms with Crippen LogP contribution in [0.25, 0.3) is 0 Å². The number of β-amino-alcohol motifs (C(OH)–C–C–N with tert-alkyl or cyclic N) is 1. The minimum Gasteiger partial charge on any atom is -0.480 e. The van der Waals surface area contributed by atoms with Crippen LogP contribution in [0.1, 0.15) is 19.3 Å². The van der Waals surface area contributed by atoms with Gasteiger partial charge in [-0.15, -0.1) is 0 Å². The number of amides is 2. The summed E-state index contributed by atoms with van der Waals surface area (Å²) in [6.45, 7) is 1.55. The van der Waals surface area contributed by atoms with Gasteiger partial charge < -0.3 is 24.9 Å². The van der Waals surface area contributed by atoms with E-state index in [1.54, 1.807) is 4.90 Å². The number of carbonyl (C=O) groups is 2. The van der Waals surface area contributed by atoms with E-state index < -0.39 is 18.1 Å². The SMILES string of the molecule is CN(C)CC1CCCN1C(=O)N1CC(O)CC1C(=O)O. The second kappa shape index (κ2) is 5.97. The van der Waals surface area contributed by atoms with Crippen LogP contribution < -0.4 is 0 Å². The van der Waals surface area contributed by atoms with Crippen LogP contribution in [0, 0.1) is 0 Å². The molecule has 2 aliphatic heterocycles. The highest BCUT2D eigenvalue weighted by Gasteiger charge is 2.42. The molecule has 0 spiro atoms. The lowest BCUT2D eigenvalue weighted by Crippen LogP contribution is -2.51. The number of likely N-dealkylation sites (tertiary alicyclic amines) is 2. The molecule has 0 aromatic heterocycles. The van der Waals surface area contributed by atoms with Gasteiger partial charge in [-0.25, -0.2) is 9.59 Å². The zero-order valence-electron chi connectivity index (χ0n) is 12.0. The van der Waals surface area contributed by atoms with E-state index >= 15 is 0 Å². The van der Waals surface area contributed by atoms with Crippen LogP contribution in [0.4, 0.5) is 4.79 Å². The van der Waals surface area contributed by atoms with Crippen LogP contribution in [0.3, 0.4) is 0 Å². The molecule has 2 fully saturated rings. The molecule has 0 aromatic carbocycles. The van der Waals surface area contributed by atoms with E-state index in [9.17, 15) is 19.8 Å². The lowest BCUT2D eigenvalue weighted by Gasteiger charge is -2.32. The number of carbonyl (C=O) groups excluding carboxylic acids is 1. The molecule has 114 valence electrons. The maximum absolute atomic E-state index is 12.6. The summed E-state index contributed by atoms with van der Waals surface area (Å²) in [7, 11) is 3.92. The fourth-order valence-corrected chi connectivity index (χ4v) is 3.12. The maximum Gasteiger partial charge on any atom is 0.326 e. The number of urea groups is 1. The summed E-state index contributed by atoms with van der Waals surface area (Å²) in [6, 6.07) is -1.03. The molecule has 0 saturated carbocycles. The Bertz CT molecular complexity index is 388. The van der Waals surface area contributed by atoms with Gasteiger partial charge in [0, 0.05) is 32.1 Å². The van der Waals surface area contributed by atoms with Crippen LogP contribution >= 0.6 is 0 Å². The number of hydrogen-bond donors (Lipinski definition) is 2. The molecule has 2 amide bonds. The van der Waals surface area contributed by atoms with Crippen molar-refractivity contribution in [1.29, 1.82) is 0 Å². The van der Waals surface area contributed by atoms with Gasteiger partial charge in [-0.1, -0.05) is 0 Å². The quantitative estimate of drug-likeness (QED) is 0.740. The van der Waals surface area contributed by atoms with Gasteiger partial charge in [0.25, 0.3) is 0 Å². The largest absolute Gasteiger partial charge is 0.480 e. The van der Waals surface area contributed by atoms with Gasteiger partial charge in [0.1, 0.15) is 6.04 Å². The molecule has 2 saturated heterocycles. The zero-order chi connectivity index (χ0) is 14.9. The summed E-state index contributed by atoms with van der Waals surface area (Å²) in [5.41, 5.74) is 0. The predicted octanol–water partition coefficient (Wildman–Crippen LogP) is -0.348. The molecule has 0 aliphatic carbocycles. The fourth-order valence-electron chi connectivity index (χ4n) is 3.12. The van der Waals surface area contributed by atoms with Crippen molar-refractivity contribution >= 4 is 12.0 Å². The summed E-state index contributed by atoms with van der Waals surface area (Å²) in [4.78, 5) is 28.9. The zero-order valence-corrected chi connectivity index (χ0v) is 12.0. The summed E-state index contributed by atoms with van der Waals surface area (Å²) < 4.78 is 0. The second-order valence-corrected chi connectivity index (χ2v) is 5.93. The molecule has 7 nitrogen and oxygen atoms in total. The van der Waals surface area contributed by atoms with Crippen molar-refractivity contribution < 1.29 is 19.8 Å². The first-order valence-electron chi connectivity index (χ1n) is 7.03. The molecule has 3 unspecified atom stereocenters. The molecule has 2 N–H and O–H groups in total. The third-order valence-corrected chi connectivity index (χ3v) is 4.01. The van der Waals surface area contributed by atoms with E-state index in [4.69, 9.17) is 0 Å². The Kier molecular flexibility index (Phi) is 4.49. The maximum atomic E-state index is 12.6. The van der Waals surface area contributed by atoms with E-state index in [1.165, 1.54) is 4.90 Å². The van der Waals surface area contributed by atoms with Crippen LogP contribution in [0.15, 0.2) is 0 Å². The number of hydrogen-bond acceptors (Lipinski definition) is 4. The first kappa shape index (κ1) is 15.1. The summed E-state index contributed by atoms with van der Waals surface area (Å²) >= 11 is 0. The number of carboxylic acid groups (broad SMARTS) is 1. The number of aliphatic carboxylic acids is 1. The van der Waals surface area contributed by atoms with Crippen LogP contribution in [-0.2, 0) is 4.79 Å². The van der Waals surface area contributed by atoms with Gasteiger partial charge in [-0.2, -0.15) is 0 Å². The standard InChI is InChI=1S/C13H23N3O4/c1-14(2)7-9-4-3-5-15(9)13(20)16-8-10(17)6-11(16)12(18)19/h9-11,17H,3-8H2,1-2H3,(H,18,19). The molecular weight excluding hydrogens is 262 g/mol. The van der Waals surface area contributed by atoms with Crippen LogP contribution in [-0.4, -0.2) is 88.8 Å². The molecule has 2 aliphatic rings. The minimum absolute atomic E-state index is 0.112. The van der Waals surface area contributed by atoms with Gasteiger partial charge in [-0.3, -0.25) is 0 Å². The molecule has 0 radical (unpaired) electrons. The van der Waals surface area contributed by atoms with Crippen molar-refractivity contribution in [3.05, 3.63) is 0 Å². The van der Waals surface area contributed by atoms with Crippen molar-refractivity contribution in [2.24, 2.45) is 0 Å². The van der Waals surface area contributed by atoms with Crippen molar-refractivity contribution in [2.75, 3.05) is 33.7 Å². The van der Waals surface area contributed by atoms with Gasteiger partial charge in [0.05, 0.1) is 6.10 Å². The number of aliphatic hydroxyl groups is 1. The second-order valence-electron chi connectivity index (χ2n) is 5.93. The smallest absolute Gasteiger partial charge is 0.326 e. The summed E-state index contributed by atoms with van der Waals surface area (Å²) in [5.74, 6) is -1.04. The molecule has 0 aromatic rings. The number of nitrogens with zero attached hydrogens (tertiary/aromatic N) is 3. The minimum atomic E-state index is -1.04. The van der Waals surface area contributed by atoms with Crippen LogP contribution in [0.2, 0.25) is 0 Å². The van der Waals surface area contributed by atoms with Gasteiger partial charge in [0.2, 0.25) is 0 Å². The Hall–Kier alpha value is -1.34. The van der Waals surface area contributed by atoms with E-state index in [-0.39, 0.29) is 25.0 Å². The first-order chi connectivity index (χ1) is 9.40. The van der Waals surface area contributed by atoms with Gasteiger partial charge in [0.15, 0.2) is 0 Å². The Morgan fingerprint density at radius 1 is 1.30 bits per heavy atom. The van der Waals surface area contributed by atoms with E-state index in [2.05, 4.69) is 0 Å². The normalized spacial score (nSPS) is 30.3. The molecular formula is C13H23N3O4. The lowest BCUT2D eigenvalue weighted by atomic mass is 10.2. The summed E-state index contributed by atoms with van der Waals surface area (Å²) in [5, 5.41) is 18.8. The average molecular weight is 285 g/mol. The van der Waals surface area contributed by atoms with Crippen molar-refractivity contribution in [3.63, 3.8) is 0 Å². The Balaban J connectivity index is 2.07. The number of aliphatic hydroxyl groups excluding tert-OH is 1. The van der Waals surface area contributed by atoms with Crippen molar-refractivity contribution in [3.8, 4) is 0 Å². The van der Waals surface area contributed by atoms with E-state index in [1.807, 2.05) is 19.0 Å². The predicted molar refractivity (Wildman–Crippen MR) is 72.4 cm³/mol. The lowest BCUT2D eigenvalue weighted by molar-refractivity contribution is -0.141. The third-order valence-electron chi connectivity index (χ3n) is 4.01. The van der Waals surface area contributed by atoms with E-state index in [0.29, 0.717) is 6.54 Å². The highest BCUT2D eigenvalue weighted by Crippen LogP contribution is 2.25. The number of carboxylic acids is 1. The van der Waals surface area contributed by atoms with Crippen molar-refractivity contribution in [2.45, 2.75) is 37.5 Å². The highest BCUT2D eigenvalue weighted by molar-refractivity contribution is 5.83. The first-order valence-corrected chi connectivity index (χ1v) is 7.03. The van der Waals surface area contributed by atoms with E-state index in [0.717, 1.165) is 19.4 Å². The molecule has 2 rings (SSSR count). The molecule has 7 heteroatoms.